The molecule has 0 fully saturated rings. The SMILES string of the molecule is C[PH]1=NP=NP=N1. The molecule has 1 aliphatic heterocycles. The molecule has 7 heavy (non-hydrogen) atoms. The topological polar surface area (TPSA) is 37.1 Å². The molecule has 0 amide bonds. The van der Waals surface area contributed by atoms with Gasteiger partial charge in [-0.3, -0.25) is 0 Å². The van der Waals surface area contributed by atoms with Crippen LogP contribution in [0.5, 0.6) is 0 Å². The Morgan fingerprint density at radius 2 is 2.29 bits per heavy atom. The van der Waals surface area contributed by atoms with E-state index in [0.717, 1.165) is 17.0 Å². The third-order valence-corrected chi connectivity index (χ3v) is 4.13. The number of nitrogens with zero attached hydrogens (tertiary/aromatic N) is 3. The smallest absolute Gasteiger partial charge is 0.160 e. The van der Waals surface area contributed by atoms with E-state index in [1.165, 1.54) is 0 Å². The lowest BCUT2D eigenvalue weighted by Gasteiger charge is -1.87. The summed E-state index contributed by atoms with van der Waals surface area (Å²) in [5, 5.41) is 0. The Bertz CT molecular complexity index is 146. The summed E-state index contributed by atoms with van der Waals surface area (Å²) in [6.45, 7) is 2.05. The Labute approximate surface area is 45.9 Å². The molecule has 0 N–H and O–H groups in total. The van der Waals surface area contributed by atoms with Gasteiger partial charge in [0.1, 0.15) is 0 Å². The minimum absolute atomic E-state index is 0.662. The minimum Gasteiger partial charge on any atom is -0.208 e. The van der Waals surface area contributed by atoms with Crippen LogP contribution in [0, 0.1) is 0 Å². The van der Waals surface area contributed by atoms with Crippen LogP contribution >= 0.6 is 24.9 Å². The fraction of sp³-hybridized carbons (Fsp3) is 1.00. The Hall–Kier alpha value is 0.430. The van der Waals surface area contributed by atoms with Crippen molar-refractivity contribution in [3.63, 3.8) is 0 Å². The van der Waals surface area contributed by atoms with E-state index in [1.54, 1.807) is 0 Å². The summed E-state index contributed by atoms with van der Waals surface area (Å²) in [7, 11) is 1.10. The van der Waals surface area contributed by atoms with Crippen molar-refractivity contribution in [1.82, 2.24) is 0 Å². The summed E-state index contributed by atoms with van der Waals surface area (Å²) in [4.78, 5) is 0. The van der Waals surface area contributed by atoms with Crippen LogP contribution in [-0.4, -0.2) is 6.66 Å². The predicted octanol–water partition coefficient (Wildman–Crippen LogP) is 3.03. The van der Waals surface area contributed by atoms with E-state index < -0.39 is 7.86 Å². The molecule has 0 aromatic carbocycles. The molecule has 3 nitrogen and oxygen atoms in total. The van der Waals surface area contributed by atoms with E-state index in [4.69, 9.17) is 0 Å². The molecule has 0 saturated carbocycles. The van der Waals surface area contributed by atoms with Gasteiger partial charge >= 0.3 is 0 Å². The van der Waals surface area contributed by atoms with Crippen molar-refractivity contribution in [1.29, 1.82) is 0 Å². The van der Waals surface area contributed by atoms with Crippen LogP contribution in [-0.2, 0) is 0 Å². The summed E-state index contributed by atoms with van der Waals surface area (Å²) in [6, 6.07) is 0. The third kappa shape index (κ3) is 1.78. The van der Waals surface area contributed by atoms with Gasteiger partial charge in [0.05, 0.1) is 7.86 Å². The molecule has 0 bridgehead atoms. The first kappa shape index (κ1) is 5.56. The van der Waals surface area contributed by atoms with Crippen molar-refractivity contribution in [2.75, 3.05) is 6.66 Å². The van der Waals surface area contributed by atoms with Crippen LogP contribution in [0.15, 0.2) is 13.5 Å². The highest BCUT2D eigenvalue weighted by Crippen LogP contribution is 2.37. The fourth-order valence-corrected chi connectivity index (χ4v) is 2.95. The lowest BCUT2D eigenvalue weighted by molar-refractivity contribution is 1.81. The molecule has 0 spiro atoms. The average Bonchev–Trinajstić information content (AvgIpc) is 1.69. The van der Waals surface area contributed by atoms with Gasteiger partial charge in [0, 0.05) is 0 Å². The molecule has 6 heteroatoms. The lowest BCUT2D eigenvalue weighted by Crippen LogP contribution is -1.39. The van der Waals surface area contributed by atoms with E-state index in [0.29, 0.717) is 0 Å². The standard InChI is InChI=1S/CH4N3P3/c1-7-3-5-2-6-4-7/h7H,1H3. The first-order valence-electron chi connectivity index (χ1n) is 1.75. The van der Waals surface area contributed by atoms with E-state index in [9.17, 15) is 0 Å². The highest BCUT2D eigenvalue weighted by molar-refractivity contribution is 7.58. The molecule has 1 rings (SSSR count). The number of hydrogen-bond acceptors (Lipinski definition) is 3. The predicted molar refractivity (Wildman–Crippen MR) is 35.4 cm³/mol. The largest absolute Gasteiger partial charge is 0.208 e. The molecular formula is CH4N3P3. The van der Waals surface area contributed by atoms with Crippen molar-refractivity contribution in [2.45, 2.75) is 0 Å². The molecule has 0 aliphatic carbocycles. The molecular weight excluding hydrogens is 147 g/mol. The fourth-order valence-electron chi connectivity index (χ4n) is 0.207. The highest BCUT2D eigenvalue weighted by Gasteiger charge is 1.82. The first-order chi connectivity index (χ1) is 3.39. The van der Waals surface area contributed by atoms with Gasteiger partial charge in [-0.05, 0) is 6.66 Å². The van der Waals surface area contributed by atoms with Crippen LogP contribution in [0.3, 0.4) is 0 Å². The van der Waals surface area contributed by atoms with Crippen molar-refractivity contribution in [3.05, 3.63) is 0 Å². The summed E-state index contributed by atoms with van der Waals surface area (Å²) in [5.74, 6) is 0. The Kier molecular flexibility index (Phi) is 2.12. The number of hydrogen-bond donors (Lipinski definition) is 0. The van der Waals surface area contributed by atoms with Crippen molar-refractivity contribution < 1.29 is 0 Å². The van der Waals surface area contributed by atoms with E-state index >= 15 is 0 Å². The van der Waals surface area contributed by atoms with E-state index in [-0.39, 0.29) is 0 Å². The summed E-state index contributed by atoms with van der Waals surface area (Å²) in [5.41, 5.74) is 0. The maximum Gasteiger partial charge on any atom is 0.160 e. The third-order valence-electron chi connectivity index (χ3n) is 0.459. The maximum atomic E-state index is 4.06. The second-order valence-electron chi connectivity index (χ2n) is 1.02. The molecule has 1 unspecified atom stereocenters. The number of rotatable bonds is 0. The summed E-state index contributed by atoms with van der Waals surface area (Å²) in [6.07, 6.45) is 0. The van der Waals surface area contributed by atoms with Crippen LogP contribution < -0.4 is 0 Å². The molecule has 1 aliphatic rings. The normalized spacial score (nSPS) is 31.9. The lowest BCUT2D eigenvalue weighted by atomic mass is 12.0. The van der Waals surface area contributed by atoms with Gasteiger partial charge in [0.15, 0.2) is 17.0 Å². The minimum atomic E-state index is -0.662. The van der Waals surface area contributed by atoms with E-state index in [1.807, 2.05) is 0 Å². The zero-order valence-corrected chi connectivity index (χ0v) is 6.52. The summed E-state index contributed by atoms with van der Waals surface area (Å²) < 4.78 is 12.0. The van der Waals surface area contributed by atoms with Crippen molar-refractivity contribution in [3.8, 4) is 0 Å². The van der Waals surface area contributed by atoms with Crippen molar-refractivity contribution in [2.24, 2.45) is 13.5 Å². The molecule has 0 radical (unpaired) electrons. The van der Waals surface area contributed by atoms with Gasteiger partial charge in [0.25, 0.3) is 0 Å². The molecule has 0 aromatic heterocycles. The van der Waals surface area contributed by atoms with Crippen LogP contribution in [0.4, 0.5) is 0 Å². The molecule has 0 aromatic rings. The second-order valence-corrected chi connectivity index (χ2v) is 4.78. The van der Waals surface area contributed by atoms with Gasteiger partial charge in [-0.1, -0.05) is 0 Å². The highest BCUT2D eigenvalue weighted by atomic mass is 31.2. The van der Waals surface area contributed by atoms with Crippen molar-refractivity contribution >= 4 is 24.9 Å². The Balaban J connectivity index is 2.82. The quantitative estimate of drug-likeness (QED) is 0.477. The maximum absolute atomic E-state index is 4.06. The first-order valence-corrected chi connectivity index (χ1v) is 5.24. The Morgan fingerprint density at radius 3 is 2.57 bits per heavy atom. The Morgan fingerprint density at radius 1 is 1.43 bits per heavy atom. The summed E-state index contributed by atoms with van der Waals surface area (Å²) >= 11 is 0. The van der Waals surface area contributed by atoms with Gasteiger partial charge in [0.2, 0.25) is 0 Å². The van der Waals surface area contributed by atoms with Gasteiger partial charge < -0.3 is 0 Å². The molecule has 38 valence electrons. The van der Waals surface area contributed by atoms with Crippen LogP contribution in [0.1, 0.15) is 0 Å². The molecule has 0 saturated heterocycles. The van der Waals surface area contributed by atoms with Gasteiger partial charge in [-0.25, -0.2) is 9.03 Å². The van der Waals surface area contributed by atoms with Crippen LogP contribution in [0.25, 0.3) is 0 Å². The molecule has 1 atom stereocenters. The second kappa shape index (κ2) is 2.67. The van der Waals surface area contributed by atoms with Crippen LogP contribution in [0.2, 0.25) is 0 Å². The monoisotopic (exact) mass is 151 g/mol. The van der Waals surface area contributed by atoms with Gasteiger partial charge in [-0.2, -0.15) is 4.52 Å². The zero-order valence-electron chi connectivity index (χ0n) is 3.74. The van der Waals surface area contributed by atoms with E-state index in [2.05, 4.69) is 20.2 Å². The molecule has 1 heterocycles. The average molecular weight is 151 g/mol. The van der Waals surface area contributed by atoms with Gasteiger partial charge in [-0.15, -0.1) is 0 Å². The zero-order chi connectivity index (χ0) is 5.11.